The van der Waals surface area contributed by atoms with E-state index in [0.717, 1.165) is 11.3 Å². The summed E-state index contributed by atoms with van der Waals surface area (Å²) in [4.78, 5) is 21.4. The van der Waals surface area contributed by atoms with Crippen LogP contribution in [-0.4, -0.2) is 14.8 Å². The highest BCUT2D eigenvalue weighted by Crippen LogP contribution is 2.36. The fraction of sp³-hybridized carbons (Fsp3) is 0.400. The van der Waals surface area contributed by atoms with Crippen LogP contribution < -0.4 is 4.62 Å². The average Bonchev–Trinajstić information content (AvgIpc) is 2.08. The first kappa shape index (κ1) is 8.87. The maximum atomic E-state index is 10.7. The van der Waals surface area contributed by atoms with Crippen molar-refractivity contribution < 1.29 is 14.4 Å². The van der Waals surface area contributed by atoms with E-state index in [1.807, 2.05) is 0 Å². The van der Waals surface area contributed by atoms with E-state index in [4.69, 9.17) is 9.79 Å². The number of thiazole rings is 1. The molecule has 0 aliphatic carbocycles. The summed E-state index contributed by atoms with van der Waals surface area (Å²) in [7, 11) is -4.08. The molecule has 11 heavy (non-hydrogen) atoms. The Labute approximate surface area is 68.1 Å². The smallest absolute Gasteiger partial charge is 0.320 e. The van der Waals surface area contributed by atoms with Crippen molar-refractivity contribution >= 4 is 23.6 Å². The third-order valence-electron chi connectivity index (χ3n) is 1.14. The van der Waals surface area contributed by atoms with Gasteiger partial charge in [0.2, 0.25) is 0 Å². The predicted molar refractivity (Wildman–Crippen MR) is 43.3 cm³/mol. The third kappa shape index (κ3) is 1.87. The van der Waals surface area contributed by atoms with E-state index in [2.05, 4.69) is 4.98 Å². The lowest BCUT2D eigenvalue weighted by Crippen LogP contribution is -2.01. The van der Waals surface area contributed by atoms with Crippen LogP contribution in [0.2, 0.25) is 0 Å². The molecule has 1 heterocycles. The Morgan fingerprint density at radius 3 is 2.18 bits per heavy atom. The maximum absolute atomic E-state index is 10.7. The minimum atomic E-state index is -4.08. The fourth-order valence-corrected chi connectivity index (χ4v) is 2.79. The number of aryl methyl sites for hydroxylation is 2. The molecule has 0 aliphatic heterocycles. The summed E-state index contributed by atoms with van der Waals surface area (Å²) < 4.78 is 10.8. The zero-order chi connectivity index (χ0) is 8.65. The fourth-order valence-electron chi connectivity index (χ4n) is 0.791. The number of hydrogen-bond donors (Lipinski definition) is 2. The SMILES string of the molecule is Cc1nc(C)c(P(=O)(O)O)s1. The summed E-state index contributed by atoms with van der Waals surface area (Å²) in [6.07, 6.45) is 0. The summed E-state index contributed by atoms with van der Waals surface area (Å²) in [6, 6.07) is 0. The van der Waals surface area contributed by atoms with E-state index in [1.165, 1.54) is 0 Å². The molecule has 0 aliphatic rings. The molecule has 0 unspecified atom stereocenters. The van der Waals surface area contributed by atoms with Crippen LogP contribution in [0, 0.1) is 13.8 Å². The number of hydrogen-bond acceptors (Lipinski definition) is 3. The van der Waals surface area contributed by atoms with Gasteiger partial charge in [-0.1, -0.05) is 0 Å². The average molecular weight is 193 g/mol. The van der Waals surface area contributed by atoms with Gasteiger partial charge in [-0.25, -0.2) is 4.98 Å². The molecule has 0 amide bonds. The van der Waals surface area contributed by atoms with E-state index >= 15 is 0 Å². The Morgan fingerprint density at radius 1 is 1.45 bits per heavy atom. The maximum Gasteiger partial charge on any atom is 0.368 e. The Bertz CT molecular complexity index is 316. The summed E-state index contributed by atoms with van der Waals surface area (Å²) >= 11 is 1.05. The molecule has 0 saturated heterocycles. The monoisotopic (exact) mass is 193 g/mol. The van der Waals surface area contributed by atoms with Crippen molar-refractivity contribution in [2.75, 3.05) is 0 Å². The molecule has 0 radical (unpaired) electrons. The van der Waals surface area contributed by atoms with Crippen LogP contribution in [0.5, 0.6) is 0 Å². The summed E-state index contributed by atoms with van der Waals surface area (Å²) in [5.41, 5.74) is 0.431. The van der Waals surface area contributed by atoms with Crippen LogP contribution in [0.15, 0.2) is 0 Å². The van der Waals surface area contributed by atoms with Gasteiger partial charge in [0.15, 0.2) is 0 Å². The van der Waals surface area contributed by atoms with Crippen LogP contribution in [-0.2, 0) is 4.57 Å². The van der Waals surface area contributed by atoms with Crippen molar-refractivity contribution in [3.05, 3.63) is 10.7 Å². The van der Waals surface area contributed by atoms with Crippen LogP contribution in [0.4, 0.5) is 0 Å². The van der Waals surface area contributed by atoms with Crippen LogP contribution in [0.1, 0.15) is 10.7 Å². The van der Waals surface area contributed by atoms with Crippen molar-refractivity contribution in [2.45, 2.75) is 13.8 Å². The van der Waals surface area contributed by atoms with Crippen molar-refractivity contribution in [1.82, 2.24) is 4.98 Å². The molecule has 0 bridgehead atoms. The zero-order valence-corrected chi connectivity index (χ0v) is 7.82. The highest BCUT2D eigenvalue weighted by atomic mass is 32.1. The highest BCUT2D eigenvalue weighted by Gasteiger charge is 2.23. The second kappa shape index (κ2) is 2.68. The lowest BCUT2D eigenvalue weighted by Gasteiger charge is -1.98. The third-order valence-corrected chi connectivity index (χ3v) is 3.86. The quantitative estimate of drug-likeness (QED) is 0.639. The van der Waals surface area contributed by atoms with Gasteiger partial charge < -0.3 is 9.79 Å². The van der Waals surface area contributed by atoms with Crippen molar-refractivity contribution in [3.63, 3.8) is 0 Å². The minimum Gasteiger partial charge on any atom is -0.320 e. The standard InChI is InChI=1S/C5H8NO3PS/c1-3-5(10(7,8)9)11-4(2)6-3/h1-2H3,(H2,7,8,9). The number of nitrogens with zero attached hydrogens (tertiary/aromatic N) is 1. The summed E-state index contributed by atoms with van der Waals surface area (Å²) in [5, 5.41) is 0.681. The first-order chi connectivity index (χ1) is 4.91. The van der Waals surface area contributed by atoms with Crippen molar-refractivity contribution in [1.29, 1.82) is 0 Å². The molecule has 1 rings (SSSR count). The first-order valence-corrected chi connectivity index (χ1v) is 5.34. The Morgan fingerprint density at radius 2 is 2.00 bits per heavy atom. The Balaban J connectivity index is 3.24. The van der Waals surface area contributed by atoms with Crippen LogP contribution >= 0.6 is 18.9 Å². The first-order valence-electron chi connectivity index (χ1n) is 2.91. The number of aromatic nitrogens is 1. The van der Waals surface area contributed by atoms with Gasteiger partial charge in [-0.3, -0.25) is 4.57 Å². The van der Waals surface area contributed by atoms with E-state index in [9.17, 15) is 4.57 Å². The largest absolute Gasteiger partial charge is 0.368 e. The van der Waals surface area contributed by atoms with Gasteiger partial charge in [-0.15, -0.1) is 11.3 Å². The topological polar surface area (TPSA) is 70.4 Å². The summed E-state index contributed by atoms with van der Waals surface area (Å²) in [6.45, 7) is 3.31. The molecule has 0 saturated carbocycles. The molecular formula is C5H8NO3PS. The van der Waals surface area contributed by atoms with Gasteiger partial charge in [-0.05, 0) is 13.8 Å². The van der Waals surface area contributed by atoms with Crippen LogP contribution in [0.25, 0.3) is 0 Å². The molecule has 1 aromatic heterocycles. The van der Waals surface area contributed by atoms with E-state index in [1.54, 1.807) is 13.8 Å². The van der Waals surface area contributed by atoms with E-state index in [0.29, 0.717) is 10.7 Å². The number of rotatable bonds is 1. The van der Waals surface area contributed by atoms with E-state index < -0.39 is 7.60 Å². The molecule has 0 aromatic carbocycles. The lowest BCUT2D eigenvalue weighted by molar-refractivity contribution is 0.388. The zero-order valence-electron chi connectivity index (χ0n) is 6.11. The minimum absolute atomic E-state index is 0.0787. The van der Waals surface area contributed by atoms with Gasteiger partial charge in [0, 0.05) is 0 Å². The molecule has 4 nitrogen and oxygen atoms in total. The molecular weight excluding hydrogens is 185 g/mol. The molecule has 6 heteroatoms. The highest BCUT2D eigenvalue weighted by molar-refractivity contribution is 7.67. The van der Waals surface area contributed by atoms with Crippen molar-refractivity contribution in [3.8, 4) is 0 Å². The molecule has 0 fully saturated rings. The second-order valence-corrected chi connectivity index (χ2v) is 5.21. The Kier molecular flexibility index (Phi) is 2.16. The lowest BCUT2D eigenvalue weighted by atomic mass is 10.6. The summed E-state index contributed by atoms with van der Waals surface area (Å²) in [5.74, 6) is 0. The molecule has 1 aromatic rings. The molecule has 0 atom stereocenters. The molecule has 2 N–H and O–H groups in total. The molecule has 62 valence electrons. The van der Waals surface area contributed by atoms with E-state index in [-0.39, 0.29) is 4.62 Å². The molecule has 0 spiro atoms. The van der Waals surface area contributed by atoms with Gasteiger partial charge >= 0.3 is 7.60 Å². The predicted octanol–water partition coefficient (Wildman–Crippen LogP) is 0.563. The van der Waals surface area contributed by atoms with Gasteiger partial charge in [0.25, 0.3) is 0 Å². The van der Waals surface area contributed by atoms with Gasteiger partial charge in [0.1, 0.15) is 4.62 Å². The second-order valence-electron chi connectivity index (χ2n) is 2.17. The normalized spacial score (nSPS) is 12.0. The Hall–Kier alpha value is -0.220. The van der Waals surface area contributed by atoms with Gasteiger partial charge in [-0.2, -0.15) is 0 Å². The van der Waals surface area contributed by atoms with Crippen molar-refractivity contribution in [2.24, 2.45) is 0 Å². The van der Waals surface area contributed by atoms with Gasteiger partial charge in [0.05, 0.1) is 10.7 Å². The van der Waals surface area contributed by atoms with Crippen LogP contribution in [0.3, 0.4) is 0 Å².